The first-order chi connectivity index (χ1) is 8.42. The number of thiophene rings is 1. The zero-order valence-corrected chi connectivity index (χ0v) is 10.2. The van der Waals surface area contributed by atoms with Crippen molar-refractivity contribution in [2.75, 3.05) is 26.3 Å². The van der Waals surface area contributed by atoms with E-state index in [2.05, 4.69) is 10.1 Å². The van der Waals surface area contributed by atoms with Gasteiger partial charge in [0, 0.05) is 0 Å². The molecule has 0 aliphatic carbocycles. The summed E-state index contributed by atoms with van der Waals surface area (Å²) < 4.78 is 10.6. The number of hydrogen-bond donors (Lipinski definition) is 1. The van der Waals surface area contributed by atoms with Crippen LogP contribution in [0.15, 0.2) is 22.0 Å². The molecule has 3 heterocycles. The Kier molecular flexibility index (Phi) is 3.17. The molecule has 5 nitrogen and oxygen atoms in total. The van der Waals surface area contributed by atoms with Gasteiger partial charge in [-0.25, -0.2) is 0 Å². The van der Waals surface area contributed by atoms with Gasteiger partial charge in [-0.2, -0.15) is 4.98 Å². The molecule has 0 radical (unpaired) electrons. The number of rotatable bonds is 3. The minimum atomic E-state index is 0.697. The Labute approximate surface area is 103 Å². The standard InChI is InChI=1S/C11H13N3O2S/c1-2-9(17-7-1)11-12-10(16-13-11)8-14-3-5-15-6-4-14/h1-2,7H,3-6,8H2/p+1. The van der Waals surface area contributed by atoms with Crippen LogP contribution in [0.1, 0.15) is 5.89 Å². The molecule has 2 aromatic heterocycles. The molecule has 1 fully saturated rings. The van der Waals surface area contributed by atoms with Crippen LogP contribution in [-0.4, -0.2) is 36.4 Å². The third-order valence-electron chi connectivity index (χ3n) is 2.81. The molecule has 6 heteroatoms. The molecule has 0 amide bonds. The third kappa shape index (κ3) is 2.54. The lowest BCUT2D eigenvalue weighted by Crippen LogP contribution is -3.12. The molecule has 0 bridgehead atoms. The van der Waals surface area contributed by atoms with E-state index < -0.39 is 0 Å². The van der Waals surface area contributed by atoms with Crippen LogP contribution < -0.4 is 4.90 Å². The fourth-order valence-electron chi connectivity index (χ4n) is 1.88. The molecule has 1 saturated heterocycles. The van der Waals surface area contributed by atoms with E-state index in [1.54, 1.807) is 11.3 Å². The summed E-state index contributed by atoms with van der Waals surface area (Å²) in [6, 6.07) is 3.99. The van der Waals surface area contributed by atoms with Crippen LogP contribution in [0.5, 0.6) is 0 Å². The van der Waals surface area contributed by atoms with Crippen LogP contribution in [0, 0.1) is 0 Å². The minimum Gasteiger partial charge on any atom is -0.370 e. The van der Waals surface area contributed by atoms with Crippen molar-refractivity contribution in [3.8, 4) is 10.7 Å². The number of aromatic nitrogens is 2. The molecule has 0 unspecified atom stereocenters. The van der Waals surface area contributed by atoms with E-state index in [1.165, 1.54) is 4.90 Å². The predicted molar refractivity (Wildman–Crippen MR) is 62.8 cm³/mol. The van der Waals surface area contributed by atoms with E-state index in [0.29, 0.717) is 11.7 Å². The van der Waals surface area contributed by atoms with Crippen molar-refractivity contribution >= 4 is 11.3 Å². The van der Waals surface area contributed by atoms with Crippen molar-refractivity contribution in [1.29, 1.82) is 0 Å². The highest BCUT2D eigenvalue weighted by Gasteiger charge is 2.18. The molecular weight excluding hydrogens is 238 g/mol. The van der Waals surface area contributed by atoms with Gasteiger partial charge in [0.25, 0.3) is 5.89 Å². The van der Waals surface area contributed by atoms with E-state index in [4.69, 9.17) is 9.26 Å². The number of ether oxygens (including phenoxy) is 1. The Balaban J connectivity index is 1.68. The van der Waals surface area contributed by atoms with Crippen LogP contribution in [0.4, 0.5) is 0 Å². The smallest absolute Gasteiger partial charge is 0.282 e. The molecule has 17 heavy (non-hydrogen) atoms. The monoisotopic (exact) mass is 252 g/mol. The van der Waals surface area contributed by atoms with Crippen molar-refractivity contribution in [3.63, 3.8) is 0 Å². The molecule has 0 spiro atoms. The summed E-state index contributed by atoms with van der Waals surface area (Å²) in [6.45, 7) is 4.46. The Morgan fingerprint density at radius 1 is 1.35 bits per heavy atom. The zero-order valence-electron chi connectivity index (χ0n) is 9.39. The second-order valence-corrected chi connectivity index (χ2v) is 4.98. The maximum absolute atomic E-state index is 5.32. The first kappa shape index (κ1) is 10.9. The van der Waals surface area contributed by atoms with Gasteiger partial charge in [-0.3, -0.25) is 0 Å². The summed E-state index contributed by atoms with van der Waals surface area (Å²) in [4.78, 5) is 6.91. The molecule has 1 aliphatic heterocycles. The molecule has 2 aromatic rings. The second kappa shape index (κ2) is 4.95. The van der Waals surface area contributed by atoms with Crippen molar-refractivity contribution < 1.29 is 14.2 Å². The molecule has 1 aliphatic rings. The summed E-state index contributed by atoms with van der Waals surface area (Å²) >= 11 is 1.62. The van der Waals surface area contributed by atoms with Crippen LogP contribution >= 0.6 is 11.3 Å². The molecule has 1 N–H and O–H groups in total. The average Bonchev–Trinajstić information content (AvgIpc) is 3.00. The van der Waals surface area contributed by atoms with Gasteiger partial charge in [-0.15, -0.1) is 11.3 Å². The van der Waals surface area contributed by atoms with Crippen molar-refractivity contribution in [1.82, 2.24) is 10.1 Å². The van der Waals surface area contributed by atoms with Gasteiger partial charge in [-0.05, 0) is 11.4 Å². The maximum atomic E-state index is 5.32. The first-order valence-electron chi connectivity index (χ1n) is 5.69. The number of quaternary nitrogens is 1. The van der Waals surface area contributed by atoms with Gasteiger partial charge in [0.1, 0.15) is 13.1 Å². The van der Waals surface area contributed by atoms with Gasteiger partial charge in [0.2, 0.25) is 5.82 Å². The normalized spacial score (nSPS) is 17.4. The van der Waals surface area contributed by atoms with E-state index in [-0.39, 0.29) is 0 Å². The Morgan fingerprint density at radius 2 is 2.24 bits per heavy atom. The van der Waals surface area contributed by atoms with Gasteiger partial charge < -0.3 is 14.2 Å². The molecule has 90 valence electrons. The highest BCUT2D eigenvalue weighted by atomic mass is 32.1. The minimum absolute atomic E-state index is 0.697. The molecule has 0 atom stereocenters. The number of nitrogens with one attached hydrogen (secondary N) is 1. The van der Waals surface area contributed by atoms with Gasteiger partial charge in [0.05, 0.1) is 18.1 Å². The third-order valence-corrected chi connectivity index (χ3v) is 3.68. The van der Waals surface area contributed by atoms with Crippen LogP contribution in [0.2, 0.25) is 0 Å². The van der Waals surface area contributed by atoms with Gasteiger partial charge >= 0.3 is 0 Å². The van der Waals surface area contributed by atoms with E-state index in [0.717, 1.165) is 37.7 Å². The predicted octanol–water partition coefficient (Wildman–Crippen LogP) is 0.213. The van der Waals surface area contributed by atoms with Crippen molar-refractivity contribution in [3.05, 3.63) is 23.4 Å². The number of hydrogen-bond acceptors (Lipinski definition) is 5. The highest BCUT2D eigenvalue weighted by molar-refractivity contribution is 7.13. The Bertz CT molecular complexity index is 463. The van der Waals surface area contributed by atoms with Crippen LogP contribution in [-0.2, 0) is 11.3 Å². The summed E-state index contributed by atoms with van der Waals surface area (Å²) in [5, 5.41) is 6.02. The van der Waals surface area contributed by atoms with Gasteiger partial charge in [-0.1, -0.05) is 11.2 Å². The van der Waals surface area contributed by atoms with E-state index >= 15 is 0 Å². The summed E-state index contributed by atoms with van der Waals surface area (Å²) in [6.07, 6.45) is 0. The van der Waals surface area contributed by atoms with Crippen molar-refractivity contribution in [2.45, 2.75) is 6.54 Å². The largest absolute Gasteiger partial charge is 0.370 e. The maximum Gasteiger partial charge on any atom is 0.282 e. The molecule has 0 saturated carbocycles. The first-order valence-corrected chi connectivity index (χ1v) is 6.57. The lowest BCUT2D eigenvalue weighted by atomic mass is 10.4. The van der Waals surface area contributed by atoms with E-state index in [9.17, 15) is 0 Å². The van der Waals surface area contributed by atoms with E-state index in [1.807, 2.05) is 17.5 Å². The summed E-state index contributed by atoms with van der Waals surface area (Å²) in [5.41, 5.74) is 0. The quantitative estimate of drug-likeness (QED) is 0.848. The fourth-order valence-corrected chi connectivity index (χ4v) is 2.53. The lowest BCUT2D eigenvalue weighted by molar-refractivity contribution is -0.922. The molecular formula is C11H14N3O2S+. The molecule has 0 aromatic carbocycles. The van der Waals surface area contributed by atoms with Crippen LogP contribution in [0.3, 0.4) is 0 Å². The fraction of sp³-hybridized carbons (Fsp3) is 0.455. The van der Waals surface area contributed by atoms with Gasteiger partial charge in [0.15, 0.2) is 6.54 Å². The zero-order chi connectivity index (χ0) is 11.5. The number of morpholine rings is 1. The Hall–Kier alpha value is -1.24. The SMILES string of the molecule is c1csc(-c2noc(C[NH+]3CCOCC3)n2)c1. The summed E-state index contributed by atoms with van der Waals surface area (Å²) in [7, 11) is 0. The lowest BCUT2D eigenvalue weighted by Gasteiger charge is -2.21. The summed E-state index contributed by atoms with van der Waals surface area (Å²) in [5.74, 6) is 1.41. The Morgan fingerprint density at radius 3 is 3.00 bits per heavy atom. The topological polar surface area (TPSA) is 52.6 Å². The van der Waals surface area contributed by atoms with Crippen LogP contribution in [0.25, 0.3) is 10.7 Å². The highest BCUT2D eigenvalue weighted by Crippen LogP contribution is 2.20. The molecule has 3 rings (SSSR count). The second-order valence-electron chi connectivity index (χ2n) is 4.03. The van der Waals surface area contributed by atoms with Crippen molar-refractivity contribution in [2.24, 2.45) is 0 Å². The number of nitrogens with zero attached hydrogens (tertiary/aromatic N) is 2. The average molecular weight is 252 g/mol.